The van der Waals surface area contributed by atoms with Crippen molar-refractivity contribution in [3.63, 3.8) is 0 Å². The van der Waals surface area contributed by atoms with E-state index in [-0.39, 0.29) is 16.8 Å². The standard InChI is InChI=1S/C12H13F2NOS/c13-8-4-5-10(9(14)7-8)15-12(16)11-3-1-2-6-17-11/h4-5,7,11H,1-3,6H2,(H,15,16). The molecule has 0 bridgehead atoms. The second kappa shape index (κ2) is 5.49. The number of amides is 1. The van der Waals surface area contributed by atoms with Crippen LogP contribution in [-0.4, -0.2) is 16.9 Å². The SMILES string of the molecule is O=C(Nc1ccc(F)cc1F)C1CCCCS1. The first-order valence-corrected chi connectivity index (χ1v) is 6.59. The van der Waals surface area contributed by atoms with Crippen LogP contribution in [-0.2, 0) is 4.79 Å². The van der Waals surface area contributed by atoms with Gasteiger partial charge in [-0.3, -0.25) is 4.79 Å². The maximum atomic E-state index is 13.3. The molecule has 0 spiro atoms. The average molecular weight is 257 g/mol. The Bertz CT molecular complexity index is 419. The van der Waals surface area contributed by atoms with Crippen LogP contribution in [0.3, 0.4) is 0 Å². The summed E-state index contributed by atoms with van der Waals surface area (Å²) < 4.78 is 26.0. The molecule has 2 nitrogen and oxygen atoms in total. The van der Waals surface area contributed by atoms with Gasteiger partial charge in [0, 0.05) is 6.07 Å². The highest BCUT2D eigenvalue weighted by Gasteiger charge is 2.22. The molecule has 1 saturated heterocycles. The van der Waals surface area contributed by atoms with Crippen molar-refractivity contribution in [2.24, 2.45) is 0 Å². The Morgan fingerprint density at radius 2 is 2.18 bits per heavy atom. The maximum absolute atomic E-state index is 13.3. The van der Waals surface area contributed by atoms with Crippen molar-refractivity contribution in [2.75, 3.05) is 11.1 Å². The number of halogens is 2. The number of thioether (sulfide) groups is 1. The number of carbonyl (C=O) groups excluding carboxylic acids is 1. The summed E-state index contributed by atoms with van der Waals surface area (Å²) in [5.74, 6) is -0.615. The van der Waals surface area contributed by atoms with Crippen molar-refractivity contribution in [3.05, 3.63) is 29.8 Å². The molecule has 0 aliphatic carbocycles. The summed E-state index contributed by atoms with van der Waals surface area (Å²) in [6.45, 7) is 0. The third-order valence-electron chi connectivity index (χ3n) is 2.66. The van der Waals surface area contributed by atoms with E-state index in [2.05, 4.69) is 5.32 Å². The molecule has 1 aromatic carbocycles. The van der Waals surface area contributed by atoms with Crippen LogP contribution < -0.4 is 5.32 Å². The second-order valence-electron chi connectivity index (χ2n) is 3.97. The number of benzene rings is 1. The number of nitrogens with one attached hydrogen (secondary N) is 1. The summed E-state index contributed by atoms with van der Waals surface area (Å²) in [4.78, 5) is 11.8. The summed E-state index contributed by atoms with van der Waals surface area (Å²) in [6, 6.07) is 3.15. The molecule has 1 N–H and O–H groups in total. The topological polar surface area (TPSA) is 29.1 Å². The molecule has 5 heteroatoms. The summed E-state index contributed by atoms with van der Waals surface area (Å²) in [7, 11) is 0. The highest BCUT2D eigenvalue weighted by Crippen LogP contribution is 2.26. The van der Waals surface area contributed by atoms with Gasteiger partial charge in [0.05, 0.1) is 10.9 Å². The summed E-state index contributed by atoms with van der Waals surface area (Å²) >= 11 is 1.59. The number of rotatable bonds is 2. The smallest absolute Gasteiger partial charge is 0.237 e. The minimum atomic E-state index is -0.737. The third kappa shape index (κ3) is 3.19. The van der Waals surface area contributed by atoms with Crippen LogP contribution in [0.2, 0.25) is 0 Å². The fraction of sp³-hybridized carbons (Fsp3) is 0.417. The van der Waals surface area contributed by atoms with Gasteiger partial charge in [0.25, 0.3) is 0 Å². The Morgan fingerprint density at radius 1 is 1.35 bits per heavy atom. The molecule has 0 radical (unpaired) electrons. The molecule has 1 amide bonds. The van der Waals surface area contributed by atoms with Gasteiger partial charge in [-0.25, -0.2) is 8.78 Å². The van der Waals surface area contributed by atoms with Crippen molar-refractivity contribution in [3.8, 4) is 0 Å². The van der Waals surface area contributed by atoms with Gasteiger partial charge in [-0.05, 0) is 30.7 Å². The van der Waals surface area contributed by atoms with Crippen LogP contribution in [0.25, 0.3) is 0 Å². The van der Waals surface area contributed by atoms with E-state index in [0.717, 1.165) is 37.1 Å². The lowest BCUT2D eigenvalue weighted by atomic mass is 10.2. The number of carbonyl (C=O) groups is 1. The molecule has 2 rings (SSSR count). The lowest BCUT2D eigenvalue weighted by Gasteiger charge is -2.20. The van der Waals surface area contributed by atoms with Crippen LogP contribution in [0, 0.1) is 11.6 Å². The highest BCUT2D eigenvalue weighted by molar-refractivity contribution is 8.00. The second-order valence-corrected chi connectivity index (χ2v) is 5.28. The zero-order valence-electron chi connectivity index (χ0n) is 9.21. The van der Waals surface area contributed by atoms with Gasteiger partial charge < -0.3 is 5.32 Å². The predicted octanol–water partition coefficient (Wildman–Crippen LogP) is 3.19. The number of hydrogen-bond donors (Lipinski definition) is 1. The molecule has 1 aliphatic heterocycles. The van der Waals surface area contributed by atoms with Gasteiger partial charge >= 0.3 is 0 Å². The van der Waals surface area contributed by atoms with E-state index >= 15 is 0 Å². The maximum Gasteiger partial charge on any atom is 0.237 e. The normalized spacial score (nSPS) is 20.0. The molecule has 1 heterocycles. The van der Waals surface area contributed by atoms with Crippen molar-refractivity contribution < 1.29 is 13.6 Å². The largest absolute Gasteiger partial charge is 0.323 e. The Balaban J connectivity index is 2.02. The van der Waals surface area contributed by atoms with E-state index in [1.807, 2.05) is 0 Å². The zero-order valence-corrected chi connectivity index (χ0v) is 10.0. The van der Waals surface area contributed by atoms with E-state index in [0.29, 0.717) is 0 Å². The van der Waals surface area contributed by atoms with Crippen LogP contribution in [0.4, 0.5) is 14.5 Å². The zero-order chi connectivity index (χ0) is 12.3. The average Bonchev–Trinajstić information content (AvgIpc) is 2.34. The summed E-state index contributed by atoms with van der Waals surface area (Å²) in [5, 5.41) is 2.39. The van der Waals surface area contributed by atoms with Crippen LogP contribution in [0.15, 0.2) is 18.2 Å². The number of anilines is 1. The quantitative estimate of drug-likeness (QED) is 0.881. The molecule has 1 aromatic rings. The van der Waals surface area contributed by atoms with Crippen LogP contribution >= 0.6 is 11.8 Å². The molecule has 0 saturated carbocycles. The fourth-order valence-corrected chi connectivity index (χ4v) is 2.95. The molecular formula is C12H13F2NOS. The molecule has 92 valence electrons. The van der Waals surface area contributed by atoms with E-state index < -0.39 is 11.6 Å². The molecular weight excluding hydrogens is 244 g/mol. The Kier molecular flexibility index (Phi) is 3.99. The molecule has 0 aromatic heterocycles. The molecule has 1 fully saturated rings. The fourth-order valence-electron chi connectivity index (χ4n) is 1.75. The predicted molar refractivity (Wildman–Crippen MR) is 65.1 cm³/mol. The first-order chi connectivity index (χ1) is 8.16. The first kappa shape index (κ1) is 12.4. The van der Waals surface area contributed by atoms with Crippen molar-refractivity contribution in [1.29, 1.82) is 0 Å². The van der Waals surface area contributed by atoms with Crippen molar-refractivity contribution >= 4 is 23.4 Å². The van der Waals surface area contributed by atoms with Crippen molar-refractivity contribution in [2.45, 2.75) is 24.5 Å². The molecule has 1 unspecified atom stereocenters. The minimum absolute atomic E-state index is 0.0440. The molecule has 1 aliphatic rings. The van der Waals surface area contributed by atoms with Gasteiger partial charge in [-0.1, -0.05) is 6.42 Å². The lowest BCUT2D eigenvalue weighted by molar-refractivity contribution is -0.115. The molecule has 1 atom stereocenters. The molecule has 17 heavy (non-hydrogen) atoms. The first-order valence-electron chi connectivity index (χ1n) is 5.54. The minimum Gasteiger partial charge on any atom is -0.323 e. The van der Waals surface area contributed by atoms with E-state index in [1.165, 1.54) is 6.07 Å². The lowest BCUT2D eigenvalue weighted by Crippen LogP contribution is -2.27. The van der Waals surface area contributed by atoms with Gasteiger partial charge in [0.1, 0.15) is 11.6 Å². The summed E-state index contributed by atoms with van der Waals surface area (Å²) in [6.07, 6.45) is 2.97. The van der Waals surface area contributed by atoms with E-state index in [4.69, 9.17) is 0 Å². The monoisotopic (exact) mass is 257 g/mol. The highest BCUT2D eigenvalue weighted by atomic mass is 32.2. The van der Waals surface area contributed by atoms with E-state index in [9.17, 15) is 13.6 Å². The summed E-state index contributed by atoms with van der Waals surface area (Å²) in [5.41, 5.74) is 0.0440. The number of hydrogen-bond acceptors (Lipinski definition) is 2. The third-order valence-corrected chi connectivity index (χ3v) is 4.04. The van der Waals surface area contributed by atoms with Crippen molar-refractivity contribution in [1.82, 2.24) is 0 Å². The Morgan fingerprint density at radius 3 is 2.82 bits per heavy atom. The van der Waals surface area contributed by atoms with Gasteiger partial charge in [-0.15, -0.1) is 11.8 Å². The Hall–Kier alpha value is -1.10. The van der Waals surface area contributed by atoms with Crippen LogP contribution in [0.5, 0.6) is 0 Å². The van der Waals surface area contributed by atoms with Gasteiger partial charge in [0.2, 0.25) is 5.91 Å². The van der Waals surface area contributed by atoms with E-state index in [1.54, 1.807) is 11.8 Å². The van der Waals surface area contributed by atoms with Gasteiger partial charge in [-0.2, -0.15) is 0 Å². The Labute approximate surface area is 103 Å². The van der Waals surface area contributed by atoms with Crippen LogP contribution in [0.1, 0.15) is 19.3 Å². The van der Waals surface area contributed by atoms with Gasteiger partial charge in [0.15, 0.2) is 0 Å².